The van der Waals surface area contributed by atoms with Crippen LogP contribution in [-0.2, 0) is 20.0 Å². The monoisotopic (exact) mass is 558 g/mol. The van der Waals surface area contributed by atoms with Gasteiger partial charge in [-0.25, -0.2) is 23.1 Å². The summed E-state index contributed by atoms with van der Waals surface area (Å²) >= 11 is 0. The third-order valence-electron chi connectivity index (χ3n) is 6.82. The molecule has 5 rings (SSSR count). The Morgan fingerprint density at radius 1 is 0.927 bits per heavy atom. The highest BCUT2D eigenvalue weighted by atomic mass is 19.3. The molecule has 5 aromatic rings. The van der Waals surface area contributed by atoms with Gasteiger partial charge in [0, 0.05) is 66.9 Å². The van der Waals surface area contributed by atoms with Crippen LogP contribution in [0.3, 0.4) is 0 Å². The molecule has 0 radical (unpaired) electrons. The van der Waals surface area contributed by atoms with E-state index in [1.54, 1.807) is 32.3 Å². The van der Waals surface area contributed by atoms with Gasteiger partial charge in [0.2, 0.25) is 0 Å². The van der Waals surface area contributed by atoms with Gasteiger partial charge in [0.25, 0.3) is 17.0 Å². The van der Waals surface area contributed by atoms with Crippen molar-refractivity contribution in [1.82, 2.24) is 24.1 Å². The maximum Gasteiger partial charge on any atom is 0.272 e. The fraction of sp³-hybridized carbons (Fsp3) is 0.167. The zero-order valence-corrected chi connectivity index (χ0v) is 22.7. The molecule has 0 aliphatic rings. The SMILES string of the molecule is C=C(Nc1ccc(F)cc1C(C)(F)F)c1cc(C)cc2c(=O)n(C)c(-c3cnc(-c4cncc(=O)n4C)nc3)cc12. The van der Waals surface area contributed by atoms with E-state index in [4.69, 9.17) is 0 Å². The van der Waals surface area contributed by atoms with Crippen LogP contribution < -0.4 is 16.4 Å². The van der Waals surface area contributed by atoms with Gasteiger partial charge in [0.05, 0.1) is 18.1 Å². The normalized spacial score (nSPS) is 11.6. The summed E-state index contributed by atoms with van der Waals surface area (Å²) in [5.41, 5.74) is 1.85. The largest absolute Gasteiger partial charge is 0.355 e. The zero-order chi connectivity index (χ0) is 29.6. The van der Waals surface area contributed by atoms with Gasteiger partial charge in [-0.2, -0.15) is 0 Å². The van der Waals surface area contributed by atoms with Crippen LogP contribution in [-0.4, -0.2) is 24.1 Å². The molecule has 3 heterocycles. The van der Waals surface area contributed by atoms with Gasteiger partial charge < -0.3 is 14.5 Å². The van der Waals surface area contributed by atoms with Crippen LogP contribution in [0.2, 0.25) is 0 Å². The molecular formula is C30H25F3N6O2. The topological polar surface area (TPSA) is 94.7 Å². The van der Waals surface area contributed by atoms with Gasteiger partial charge in [-0.3, -0.25) is 14.6 Å². The number of benzene rings is 2. The molecule has 41 heavy (non-hydrogen) atoms. The number of aryl methyl sites for hydroxylation is 1. The molecule has 0 spiro atoms. The Balaban J connectivity index is 1.61. The average molecular weight is 559 g/mol. The third-order valence-corrected chi connectivity index (χ3v) is 6.82. The minimum Gasteiger partial charge on any atom is -0.355 e. The van der Waals surface area contributed by atoms with Gasteiger partial charge >= 0.3 is 0 Å². The molecule has 0 fully saturated rings. The quantitative estimate of drug-likeness (QED) is 0.300. The Kier molecular flexibility index (Phi) is 6.82. The molecule has 0 amide bonds. The second-order valence-electron chi connectivity index (χ2n) is 9.83. The van der Waals surface area contributed by atoms with Crippen molar-refractivity contribution in [3.8, 4) is 22.8 Å². The molecule has 0 bridgehead atoms. The molecule has 208 valence electrons. The second kappa shape index (κ2) is 10.2. The fourth-order valence-corrected chi connectivity index (χ4v) is 4.66. The Hall–Kier alpha value is -5.06. The molecule has 8 nitrogen and oxygen atoms in total. The fourth-order valence-electron chi connectivity index (χ4n) is 4.66. The van der Waals surface area contributed by atoms with Gasteiger partial charge in [0.15, 0.2) is 5.82 Å². The van der Waals surface area contributed by atoms with E-state index in [0.29, 0.717) is 40.2 Å². The van der Waals surface area contributed by atoms with Crippen LogP contribution in [0.1, 0.15) is 23.6 Å². The highest BCUT2D eigenvalue weighted by Crippen LogP contribution is 2.36. The van der Waals surface area contributed by atoms with Crippen molar-refractivity contribution in [2.75, 3.05) is 5.32 Å². The number of halogens is 3. The minimum absolute atomic E-state index is 0.00333. The summed E-state index contributed by atoms with van der Waals surface area (Å²) in [6.45, 7) is 6.56. The Morgan fingerprint density at radius 3 is 2.32 bits per heavy atom. The van der Waals surface area contributed by atoms with Gasteiger partial charge in [-0.15, -0.1) is 0 Å². The molecule has 0 unspecified atom stereocenters. The Morgan fingerprint density at radius 2 is 1.63 bits per heavy atom. The third kappa shape index (κ3) is 5.13. The lowest BCUT2D eigenvalue weighted by atomic mass is 9.98. The number of hydrogen-bond acceptors (Lipinski definition) is 6. The molecule has 0 atom stereocenters. The van der Waals surface area contributed by atoms with Crippen molar-refractivity contribution in [2.24, 2.45) is 14.1 Å². The predicted molar refractivity (Wildman–Crippen MR) is 152 cm³/mol. The average Bonchev–Trinajstić information content (AvgIpc) is 2.92. The maximum atomic E-state index is 14.3. The molecule has 11 heteroatoms. The number of aromatic nitrogens is 5. The van der Waals surface area contributed by atoms with Crippen LogP contribution in [0.5, 0.6) is 0 Å². The van der Waals surface area contributed by atoms with Crippen LogP contribution in [0, 0.1) is 12.7 Å². The summed E-state index contributed by atoms with van der Waals surface area (Å²) in [6.07, 6.45) is 5.75. The van der Waals surface area contributed by atoms with E-state index >= 15 is 0 Å². The number of nitrogens with one attached hydrogen (secondary N) is 1. The second-order valence-corrected chi connectivity index (χ2v) is 9.83. The smallest absolute Gasteiger partial charge is 0.272 e. The van der Waals surface area contributed by atoms with Gasteiger partial charge in [-0.05, 0) is 54.3 Å². The first-order valence-corrected chi connectivity index (χ1v) is 12.5. The lowest BCUT2D eigenvalue weighted by Gasteiger charge is -2.20. The molecule has 2 aromatic carbocycles. The number of nitrogens with zero attached hydrogens (tertiary/aromatic N) is 5. The summed E-state index contributed by atoms with van der Waals surface area (Å²) in [7, 11) is 3.21. The lowest BCUT2D eigenvalue weighted by Crippen LogP contribution is -2.20. The van der Waals surface area contributed by atoms with E-state index in [0.717, 1.165) is 17.7 Å². The highest BCUT2D eigenvalue weighted by molar-refractivity contribution is 5.97. The van der Waals surface area contributed by atoms with E-state index < -0.39 is 17.3 Å². The highest BCUT2D eigenvalue weighted by Gasteiger charge is 2.28. The van der Waals surface area contributed by atoms with Crippen LogP contribution >= 0.6 is 0 Å². The van der Waals surface area contributed by atoms with E-state index in [9.17, 15) is 22.8 Å². The van der Waals surface area contributed by atoms with E-state index in [-0.39, 0.29) is 28.3 Å². The lowest BCUT2D eigenvalue weighted by molar-refractivity contribution is 0.0179. The van der Waals surface area contributed by atoms with E-state index in [1.807, 2.05) is 6.92 Å². The number of pyridine rings is 1. The number of alkyl halides is 2. The number of rotatable bonds is 6. The summed E-state index contributed by atoms with van der Waals surface area (Å²) in [4.78, 5) is 38.1. The van der Waals surface area contributed by atoms with E-state index in [1.165, 1.54) is 40.0 Å². The molecule has 0 saturated carbocycles. The van der Waals surface area contributed by atoms with Gasteiger partial charge in [0.1, 0.15) is 11.5 Å². The Labute approximate surface area is 232 Å². The van der Waals surface area contributed by atoms with Crippen LogP contribution in [0.15, 0.2) is 77.4 Å². The minimum atomic E-state index is -3.31. The molecular weight excluding hydrogens is 533 g/mol. The number of fused-ring (bicyclic) bond motifs is 1. The van der Waals surface area contributed by atoms with Crippen molar-refractivity contribution in [3.05, 3.63) is 111 Å². The predicted octanol–water partition coefficient (Wildman–Crippen LogP) is 5.40. The van der Waals surface area contributed by atoms with Crippen molar-refractivity contribution < 1.29 is 13.2 Å². The Bertz CT molecular complexity index is 1960. The molecule has 0 aliphatic carbocycles. The van der Waals surface area contributed by atoms with Crippen molar-refractivity contribution in [2.45, 2.75) is 19.8 Å². The number of hydrogen-bond donors (Lipinski definition) is 1. The molecule has 3 aromatic heterocycles. The standard InChI is InChI=1S/C30H25F3N6O2/c1-16-8-20(17(2)37-24-7-6-19(31)10-23(24)30(3,32)33)21-11-25(39(5)29(41)22(21)9-16)18-12-35-28(36-13-18)26-14-34-15-27(40)38(26)4/h6-15,37H,2H2,1,3-5H3. The van der Waals surface area contributed by atoms with Gasteiger partial charge in [-0.1, -0.05) is 6.58 Å². The molecule has 0 aliphatic heterocycles. The van der Waals surface area contributed by atoms with Crippen molar-refractivity contribution in [3.63, 3.8) is 0 Å². The molecule has 1 N–H and O–H groups in total. The summed E-state index contributed by atoms with van der Waals surface area (Å²) in [5.74, 6) is -3.81. The first-order chi connectivity index (χ1) is 19.3. The first kappa shape index (κ1) is 27.5. The van der Waals surface area contributed by atoms with E-state index in [2.05, 4.69) is 26.8 Å². The summed E-state index contributed by atoms with van der Waals surface area (Å²) < 4.78 is 45.2. The summed E-state index contributed by atoms with van der Waals surface area (Å²) in [6, 6.07) is 8.40. The zero-order valence-electron chi connectivity index (χ0n) is 22.7. The van der Waals surface area contributed by atoms with Crippen molar-refractivity contribution >= 4 is 22.2 Å². The number of anilines is 1. The maximum absolute atomic E-state index is 14.3. The molecule has 0 saturated heterocycles. The summed E-state index contributed by atoms with van der Waals surface area (Å²) in [5, 5.41) is 3.83. The van der Waals surface area contributed by atoms with Crippen molar-refractivity contribution in [1.29, 1.82) is 0 Å². The van der Waals surface area contributed by atoms with Crippen LogP contribution in [0.4, 0.5) is 18.9 Å². The first-order valence-electron chi connectivity index (χ1n) is 12.5. The van der Waals surface area contributed by atoms with Crippen LogP contribution in [0.25, 0.3) is 39.2 Å².